The first-order valence-electron chi connectivity index (χ1n) is 1.96. The molecule has 1 aliphatic rings. The molecule has 0 saturated carbocycles. The van der Waals surface area contributed by atoms with E-state index in [4.69, 9.17) is 0 Å². The van der Waals surface area contributed by atoms with Gasteiger partial charge in [-0.25, -0.2) is 0 Å². The van der Waals surface area contributed by atoms with Gasteiger partial charge in [0.25, 0.3) is 0 Å². The summed E-state index contributed by atoms with van der Waals surface area (Å²) in [4.78, 5) is 0. The van der Waals surface area contributed by atoms with Crippen LogP contribution in [0.3, 0.4) is 0 Å². The molecule has 0 atom stereocenters. The van der Waals surface area contributed by atoms with Crippen LogP contribution in [0.15, 0.2) is 22.0 Å². The number of hydrogen-bond acceptors (Lipinski definition) is 2. The minimum atomic E-state index is 0.777. The molecule has 0 aliphatic carbocycles. The molecular formula is C4H4N2W. The molecule has 0 amide bonds. The first-order chi connectivity index (χ1) is 3.43. The second kappa shape index (κ2) is 2.27. The van der Waals surface area contributed by atoms with Gasteiger partial charge in [-0.05, 0) is 0 Å². The van der Waals surface area contributed by atoms with Crippen molar-refractivity contribution < 1.29 is 19.4 Å². The predicted molar refractivity (Wildman–Crippen MR) is 23.9 cm³/mol. The summed E-state index contributed by atoms with van der Waals surface area (Å²) in [5.41, 5.74) is 1.04. The van der Waals surface area contributed by atoms with Crippen molar-refractivity contribution >= 4 is 4.40 Å². The first-order valence-corrected chi connectivity index (χ1v) is 3.65. The summed E-state index contributed by atoms with van der Waals surface area (Å²) in [6.07, 6.45) is 2.01. The van der Waals surface area contributed by atoms with Crippen molar-refractivity contribution in [3.05, 3.63) is 11.8 Å². The molecule has 1 rings (SSSR count). The predicted octanol–water partition coefficient (Wildman–Crippen LogP) is 0.685. The average molecular weight is 264 g/mol. The minimum absolute atomic E-state index is 0.777. The van der Waals surface area contributed by atoms with Crippen LogP contribution in [0.5, 0.6) is 0 Å². The normalized spacial score (nSPS) is 16.9. The van der Waals surface area contributed by atoms with Crippen LogP contribution in [0.1, 0.15) is 0 Å². The van der Waals surface area contributed by atoms with Crippen molar-refractivity contribution in [1.82, 2.24) is 0 Å². The van der Waals surface area contributed by atoms with Gasteiger partial charge in [0.1, 0.15) is 0 Å². The van der Waals surface area contributed by atoms with Crippen LogP contribution in [0, 0.1) is 0 Å². The topological polar surface area (TPSA) is 24.7 Å². The second-order valence-electron chi connectivity index (χ2n) is 1.17. The molecular weight excluding hydrogens is 260 g/mol. The third-order valence-electron chi connectivity index (χ3n) is 0.689. The Morgan fingerprint density at radius 1 is 1.86 bits per heavy atom. The number of allylic oxidation sites excluding steroid dienone is 1. The molecule has 0 bridgehead atoms. The molecule has 1 aliphatic heterocycles. The Bertz CT molecular complexity index is 137. The number of hydrogen-bond donors (Lipinski definition) is 0. The van der Waals surface area contributed by atoms with E-state index < -0.39 is 0 Å². The zero-order valence-corrected chi connectivity index (χ0v) is 6.60. The van der Waals surface area contributed by atoms with E-state index in [1.807, 2.05) is 10.5 Å². The Kier molecular flexibility index (Phi) is 1.63. The van der Waals surface area contributed by atoms with E-state index in [-0.39, 0.29) is 0 Å². The van der Waals surface area contributed by atoms with Crippen molar-refractivity contribution in [2.24, 2.45) is 10.2 Å². The molecule has 0 aromatic heterocycles. The summed E-state index contributed by atoms with van der Waals surface area (Å²) in [7, 11) is 0. The average Bonchev–Trinajstić information content (AvgIpc) is 2.14. The van der Waals surface area contributed by atoms with Crippen molar-refractivity contribution in [3.63, 3.8) is 0 Å². The van der Waals surface area contributed by atoms with Gasteiger partial charge < -0.3 is 0 Å². The Balaban J connectivity index is 2.69. The van der Waals surface area contributed by atoms with Crippen LogP contribution in [0.2, 0.25) is 0 Å². The number of nitrogens with zero attached hydrogens (tertiary/aromatic N) is 2. The fraction of sp³-hybridized carbons (Fsp3) is 0.250. The van der Waals surface area contributed by atoms with Crippen molar-refractivity contribution in [2.45, 2.75) is 0 Å². The molecule has 0 fully saturated rings. The summed E-state index contributed by atoms with van der Waals surface area (Å²) in [5, 5.41) is 7.56. The molecule has 36 valence electrons. The van der Waals surface area contributed by atoms with Gasteiger partial charge in [0, 0.05) is 0 Å². The summed E-state index contributed by atoms with van der Waals surface area (Å²) in [5.74, 6) is 0. The quantitative estimate of drug-likeness (QED) is 0.665. The van der Waals surface area contributed by atoms with E-state index in [1.165, 1.54) is 19.4 Å². The maximum absolute atomic E-state index is 3.81. The van der Waals surface area contributed by atoms with Gasteiger partial charge in [0.2, 0.25) is 0 Å². The fourth-order valence-electron chi connectivity index (χ4n) is 0.369. The summed E-state index contributed by atoms with van der Waals surface area (Å²) in [6, 6.07) is 0. The molecule has 0 aromatic carbocycles. The molecule has 7 heavy (non-hydrogen) atoms. The van der Waals surface area contributed by atoms with Gasteiger partial charge in [0.15, 0.2) is 0 Å². The Morgan fingerprint density at radius 3 is 3.00 bits per heavy atom. The van der Waals surface area contributed by atoms with Crippen LogP contribution in [0.4, 0.5) is 0 Å². The van der Waals surface area contributed by atoms with Crippen LogP contribution >= 0.6 is 0 Å². The molecule has 2 nitrogen and oxygen atoms in total. The van der Waals surface area contributed by atoms with E-state index in [0.29, 0.717) is 0 Å². The number of rotatable bonds is 1. The van der Waals surface area contributed by atoms with Gasteiger partial charge in [-0.1, -0.05) is 0 Å². The van der Waals surface area contributed by atoms with E-state index >= 15 is 0 Å². The standard InChI is InChI=1S/C4H4N2.W/c1-4-2-3-5-6-4;/h1-2H,3H2;. The molecule has 0 radical (unpaired) electrons. The Morgan fingerprint density at radius 2 is 2.71 bits per heavy atom. The van der Waals surface area contributed by atoms with E-state index in [9.17, 15) is 0 Å². The second-order valence-corrected chi connectivity index (χ2v) is 2.02. The molecule has 3 heteroatoms. The zero-order chi connectivity index (χ0) is 5.11. The fourth-order valence-corrected chi connectivity index (χ4v) is 0.884. The van der Waals surface area contributed by atoms with Gasteiger partial charge in [-0.2, -0.15) is 0 Å². The third kappa shape index (κ3) is 1.13. The molecule has 0 N–H and O–H groups in total. The van der Waals surface area contributed by atoms with E-state index in [1.54, 1.807) is 0 Å². The number of azo groups is 1. The van der Waals surface area contributed by atoms with Crippen LogP contribution in [-0.4, -0.2) is 10.9 Å². The zero-order valence-electron chi connectivity index (χ0n) is 3.66. The van der Waals surface area contributed by atoms with E-state index in [0.717, 1.165) is 12.2 Å². The third-order valence-corrected chi connectivity index (χ3v) is 1.56. The van der Waals surface area contributed by atoms with E-state index in [2.05, 4.69) is 10.2 Å². The Hall–Kier alpha value is -0.102. The van der Waals surface area contributed by atoms with Crippen molar-refractivity contribution in [3.8, 4) is 0 Å². The van der Waals surface area contributed by atoms with Crippen LogP contribution < -0.4 is 0 Å². The first kappa shape index (κ1) is 5.04. The van der Waals surface area contributed by atoms with Gasteiger partial charge >= 0.3 is 52.3 Å². The summed E-state index contributed by atoms with van der Waals surface area (Å²) in [6.45, 7) is 0.777. The summed E-state index contributed by atoms with van der Waals surface area (Å²) >= 11 is 1.43. The molecule has 1 heterocycles. The van der Waals surface area contributed by atoms with Crippen LogP contribution in [-0.2, 0) is 19.4 Å². The molecule has 0 unspecified atom stereocenters. The van der Waals surface area contributed by atoms with Crippen molar-refractivity contribution in [2.75, 3.05) is 6.54 Å². The SMILES string of the molecule is [W]=[CH]C1=CCN=N1. The van der Waals surface area contributed by atoms with Gasteiger partial charge in [0.05, 0.1) is 0 Å². The van der Waals surface area contributed by atoms with Gasteiger partial charge in [-0.3, -0.25) is 0 Å². The van der Waals surface area contributed by atoms with Crippen LogP contribution in [0.25, 0.3) is 0 Å². The Labute approximate surface area is 52.7 Å². The van der Waals surface area contributed by atoms with Gasteiger partial charge in [-0.15, -0.1) is 0 Å². The summed E-state index contributed by atoms with van der Waals surface area (Å²) < 4.78 is 2.02. The molecule has 0 spiro atoms. The molecule has 0 aromatic rings. The molecule has 0 saturated heterocycles. The monoisotopic (exact) mass is 264 g/mol. The maximum atomic E-state index is 3.81. The van der Waals surface area contributed by atoms with Crippen molar-refractivity contribution in [1.29, 1.82) is 0 Å².